The van der Waals surface area contributed by atoms with Crippen LogP contribution in [0.15, 0.2) is 30.3 Å². The molecule has 1 amide bonds. The average molecular weight is 310 g/mol. The van der Waals surface area contributed by atoms with Crippen molar-refractivity contribution < 1.29 is 24.4 Å². The van der Waals surface area contributed by atoms with Crippen LogP contribution < -0.4 is 5.32 Å². The molecule has 0 fully saturated rings. The SMILES string of the molecule is CC(C)(C)OC(=O)N[C@](Cc1ccccc1)(C(=O)O)[N+](=O)[O-]. The molecule has 8 heteroatoms. The number of rotatable bonds is 5. The van der Waals surface area contributed by atoms with Gasteiger partial charge in [-0.1, -0.05) is 30.3 Å². The Labute approximate surface area is 127 Å². The van der Waals surface area contributed by atoms with Crippen molar-refractivity contribution in [1.82, 2.24) is 5.32 Å². The number of carbonyl (C=O) groups excluding carboxylic acids is 1. The third-order valence-electron chi connectivity index (χ3n) is 2.68. The van der Waals surface area contributed by atoms with E-state index in [1.807, 2.05) is 5.32 Å². The number of amides is 1. The van der Waals surface area contributed by atoms with Crippen molar-refractivity contribution in [2.24, 2.45) is 0 Å². The van der Waals surface area contributed by atoms with Crippen molar-refractivity contribution in [3.05, 3.63) is 46.0 Å². The molecule has 0 aliphatic carbocycles. The van der Waals surface area contributed by atoms with Gasteiger partial charge in [0, 0.05) is 0 Å². The summed E-state index contributed by atoms with van der Waals surface area (Å²) in [6, 6.07) is 8.01. The summed E-state index contributed by atoms with van der Waals surface area (Å²) in [6.45, 7) is 4.70. The fourth-order valence-electron chi connectivity index (χ4n) is 1.73. The number of carboxylic acid groups (broad SMARTS) is 1. The zero-order valence-electron chi connectivity index (χ0n) is 12.5. The van der Waals surface area contributed by atoms with Crippen molar-refractivity contribution in [2.75, 3.05) is 0 Å². The van der Waals surface area contributed by atoms with E-state index in [0.717, 1.165) is 0 Å². The molecular formula is C14H18N2O6. The molecule has 0 radical (unpaired) electrons. The number of ether oxygens (including phenoxy) is 1. The Morgan fingerprint density at radius 2 is 1.82 bits per heavy atom. The van der Waals surface area contributed by atoms with Crippen LogP contribution in [-0.2, 0) is 16.0 Å². The van der Waals surface area contributed by atoms with Crippen molar-refractivity contribution >= 4 is 12.1 Å². The number of nitro groups is 1. The molecule has 0 bridgehead atoms. The molecule has 22 heavy (non-hydrogen) atoms. The molecule has 0 saturated heterocycles. The normalized spacial score (nSPS) is 13.8. The number of nitrogens with zero attached hydrogens (tertiary/aromatic N) is 1. The Hall–Kier alpha value is -2.64. The van der Waals surface area contributed by atoms with Crippen LogP contribution in [-0.4, -0.2) is 33.4 Å². The van der Waals surface area contributed by atoms with Gasteiger partial charge in [-0.05, 0) is 26.3 Å². The highest BCUT2D eigenvalue weighted by Crippen LogP contribution is 2.17. The van der Waals surface area contributed by atoms with Gasteiger partial charge in [0.15, 0.2) is 0 Å². The summed E-state index contributed by atoms with van der Waals surface area (Å²) in [4.78, 5) is 33.5. The van der Waals surface area contributed by atoms with Crippen LogP contribution in [0.2, 0.25) is 0 Å². The average Bonchev–Trinajstić information content (AvgIpc) is 2.36. The third-order valence-corrected chi connectivity index (χ3v) is 2.68. The first-order valence-corrected chi connectivity index (χ1v) is 6.50. The molecule has 0 saturated carbocycles. The Morgan fingerprint density at radius 3 is 2.23 bits per heavy atom. The van der Waals surface area contributed by atoms with Gasteiger partial charge in [-0.15, -0.1) is 0 Å². The first kappa shape index (κ1) is 17.4. The molecule has 0 aliphatic heterocycles. The number of aliphatic carboxylic acids is 1. The summed E-state index contributed by atoms with van der Waals surface area (Å²) in [5.74, 6) is -1.77. The van der Waals surface area contributed by atoms with Gasteiger partial charge in [-0.2, -0.15) is 0 Å². The summed E-state index contributed by atoms with van der Waals surface area (Å²) >= 11 is 0. The van der Waals surface area contributed by atoms with E-state index in [9.17, 15) is 24.8 Å². The summed E-state index contributed by atoms with van der Waals surface area (Å²) in [5, 5.41) is 22.5. The second-order valence-corrected chi connectivity index (χ2v) is 5.71. The highest BCUT2D eigenvalue weighted by molar-refractivity contribution is 5.83. The lowest BCUT2D eigenvalue weighted by atomic mass is 10.0. The van der Waals surface area contributed by atoms with Gasteiger partial charge < -0.3 is 9.84 Å². The van der Waals surface area contributed by atoms with Crippen molar-refractivity contribution in [1.29, 1.82) is 0 Å². The summed E-state index contributed by atoms with van der Waals surface area (Å²) in [5.41, 5.74) is -3.20. The van der Waals surface area contributed by atoms with Gasteiger partial charge in [-0.3, -0.25) is 10.1 Å². The molecular weight excluding hydrogens is 292 g/mol. The monoisotopic (exact) mass is 310 g/mol. The second-order valence-electron chi connectivity index (χ2n) is 5.71. The molecule has 0 unspecified atom stereocenters. The maximum Gasteiger partial charge on any atom is 0.413 e. The van der Waals surface area contributed by atoms with E-state index in [1.54, 1.807) is 39.0 Å². The van der Waals surface area contributed by atoms with Crippen LogP contribution in [0.3, 0.4) is 0 Å². The number of hydrogen-bond donors (Lipinski definition) is 2. The van der Waals surface area contributed by atoms with Crippen molar-refractivity contribution in [3.63, 3.8) is 0 Å². The predicted molar refractivity (Wildman–Crippen MR) is 76.9 cm³/mol. The summed E-state index contributed by atoms with van der Waals surface area (Å²) < 4.78 is 4.91. The largest absolute Gasteiger partial charge is 0.474 e. The molecule has 120 valence electrons. The van der Waals surface area contributed by atoms with Crippen molar-refractivity contribution in [3.8, 4) is 0 Å². The summed E-state index contributed by atoms with van der Waals surface area (Å²) in [6.07, 6.45) is -1.67. The Balaban J connectivity index is 3.09. The molecule has 0 aromatic heterocycles. The minimum atomic E-state index is -2.69. The van der Waals surface area contributed by atoms with Gasteiger partial charge in [0.25, 0.3) is 0 Å². The molecule has 0 spiro atoms. The van der Waals surface area contributed by atoms with Crippen LogP contribution >= 0.6 is 0 Å². The molecule has 1 atom stereocenters. The van der Waals surface area contributed by atoms with Gasteiger partial charge in [-0.25, -0.2) is 14.9 Å². The second kappa shape index (κ2) is 6.42. The zero-order chi connectivity index (χ0) is 17.0. The first-order chi connectivity index (χ1) is 10.1. The molecule has 0 heterocycles. The van der Waals surface area contributed by atoms with E-state index >= 15 is 0 Å². The lowest BCUT2D eigenvalue weighted by molar-refractivity contribution is -0.560. The number of benzene rings is 1. The third kappa shape index (κ3) is 4.44. The predicted octanol–water partition coefficient (Wildman–Crippen LogP) is 1.81. The van der Waals surface area contributed by atoms with E-state index in [0.29, 0.717) is 5.56 Å². The van der Waals surface area contributed by atoms with Gasteiger partial charge in [0.2, 0.25) is 0 Å². The van der Waals surface area contributed by atoms with Gasteiger partial charge in [0.1, 0.15) is 5.60 Å². The number of carboxylic acids is 1. The van der Waals surface area contributed by atoms with Crippen molar-refractivity contribution in [2.45, 2.75) is 38.5 Å². The lowest BCUT2D eigenvalue weighted by Gasteiger charge is -2.25. The Kier molecular flexibility index (Phi) is 5.08. The summed E-state index contributed by atoms with van der Waals surface area (Å²) in [7, 11) is 0. The molecule has 1 aromatic rings. The highest BCUT2D eigenvalue weighted by atomic mass is 16.6. The molecule has 8 nitrogen and oxygen atoms in total. The Morgan fingerprint density at radius 1 is 1.27 bits per heavy atom. The molecule has 2 N–H and O–H groups in total. The highest BCUT2D eigenvalue weighted by Gasteiger charge is 2.54. The number of alkyl carbamates (subject to hydrolysis) is 1. The van der Waals surface area contributed by atoms with Gasteiger partial charge >= 0.3 is 17.7 Å². The van der Waals surface area contributed by atoms with E-state index < -0.39 is 34.7 Å². The van der Waals surface area contributed by atoms with Crippen LogP contribution in [0.25, 0.3) is 0 Å². The standard InChI is InChI=1S/C14H18N2O6/c1-13(2,3)22-12(19)15-14(11(17)18,16(20)21)9-10-7-5-4-6-8-10/h4-8H,9H2,1-3H3,(H,15,19)(H,17,18)/t14-/m0/s1. The minimum Gasteiger partial charge on any atom is -0.474 e. The molecule has 1 aromatic carbocycles. The van der Waals surface area contributed by atoms with Crippen LogP contribution in [0.4, 0.5) is 4.79 Å². The topological polar surface area (TPSA) is 119 Å². The Bertz CT molecular complexity index is 550. The smallest absolute Gasteiger partial charge is 0.413 e. The fraction of sp³-hybridized carbons (Fsp3) is 0.429. The quantitative estimate of drug-likeness (QED) is 0.486. The van der Waals surface area contributed by atoms with Crippen LogP contribution in [0, 0.1) is 10.1 Å². The maximum absolute atomic E-state index is 11.8. The van der Waals surface area contributed by atoms with E-state index in [2.05, 4.69) is 0 Å². The number of carbonyl (C=O) groups is 2. The maximum atomic E-state index is 11.8. The van der Waals surface area contributed by atoms with Crippen LogP contribution in [0.1, 0.15) is 26.3 Å². The lowest BCUT2D eigenvalue weighted by Crippen LogP contribution is -2.62. The number of nitrogens with one attached hydrogen (secondary N) is 1. The fourth-order valence-corrected chi connectivity index (χ4v) is 1.73. The van der Waals surface area contributed by atoms with E-state index in [-0.39, 0.29) is 0 Å². The number of hydrogen-bond acceptors (Lipinski definition) is 5. The molecule has 1 rings (SSSR count). The van der Waals surface area contributed by atoms with Crippen LogP contribution in [0.5, 0.6) is 0 Å². The first-order valence-electron chi connectivity index (χ1n) is 6.50. The minimum absolute atomic E-state index is 0.401. The molecule has 0 aliphatic rings. The van der Waals surface area contributed by atoms with Gasteiger partial charge in [0.05, 0.1) is 11.3 Å². The van der Waals surface area contributed by atoms with E-state index in [4.69, 9.17) is 4.74 Å². The zero-order valence-corrected chi connectivity index (χ0v) is 12.5. The van der Waals surface area contributed by atoms with E-state index in [1.165, 1.54) is 12.1 Å².